The number of tetrazole rings is 1. The molecule has 3 unspecified atom stereocenters. The summed E-state index contributed by atoms with van der Waals surface area (Å²) in [5.41, 5.74) is 0. The number of thioether (sulfide) groups is 1. The summed E-state index contributed by atoms with van der Waals surface area (Å²) in [6.07, 6.45) is 5.07. The van der Waals surface area contributed by atoms with Crippen molar-refractivity contribution in [1.82, 2.24) is 30.0 Å². The van der Waals surface area contributed by atoms with Crippen molar-refractivity contribution >= 4 is 17.7 Å². The first kappa shape index (κ1) is 20.1. The maximum atomic E-state index is 12.9. The number of piperidine rings is 1. The summed E-state index contributed by atoms with van der Waals surface area (Å²) in [6.45, 7) is 11.2. The molecule has 156 valence electrons. The van der Waals surface area contributed by atoms with E-state index in [1.165, 1.54) is 11.8 Å². The summed E-state index contributed by atoms with van der Waals surface area (Å²) in [5, 5.41) is 12.6. The molecule has 1 amide bonds. The SMILES string of the molecule is CC1CN(CC2CCN(C(=O)C(C)Sc3nnnn3C3CC3)CC2)CC(C)O1. The van der Waals surface area contributed by atoms with Crippen LogP contribution in [0.3, 0.4) is 0 Å². The molecule has 0 aromatic carbocycles. The van der Waals surface area contributed by atoms with E-state index in [-0.39, 0.29) is 11.2 Å². The summed E-state index contributed by atoms with van der Waals surface area (Å²) in [5.74, 6) is 0.883. The number of carbonyl (C=O) groups is 1. The van der Waals surface area contributed by atoms with Gasteiger partial charge >= 0.3 is 0 Å². The van der Waals surface area contributed by atoms with Crippen molar-refractivity contribution in [2.24, 2.45) is 5.92 Å². The van der Waals surface area contributed by atoms with Gasteiger partial charge in [0.15, 0.2) is 0 Å². The Hall–Kier alpha value is -1.19. The molecular weight excluding hydrogens is 376 g/mol. The van der Waals surface area contributed by atoms with Gasteiger partial charge in [-0.05, 0) is 62.8 Å². The third-order valence-electron chi connectivity index (χ3n) is 5.92. The van der Waals surface area contributed by atoms with Gasteiger partial charge in [0.25, 0.3) is 0 Å². The molecule has 28 heavy (non-hydrogen) atoms. The van der Waals surface area contributed by atoms with Crippen LogP contribution in [0, 0.1) is 5.92 Å². The Morgan fingerprint density at radius 2 is 1.86 bits per heavy atom. The van der Waals surface area contributed by atoms with Crippen LogP contribution in [0.25, 0.3) is 0 Å². The highest BCUT2D eigenvalue weighted by molar-refractivity contribution is 8.00. The highest BCUT2D eigenvalue weighted by Crippen LogP contribution is 2.37. The van der Waals surface area contributed by atoms with Gasteiger partial charge in [-0.2, -0.15) is 0 Å². The lowest BCUT2D eigenvalue weighted by atomic mass is 9.95. The van der Waals surface area contributed by atoms with Gasteiger partial charge in [-0.25, -0.2) is 4.68 Å². The smallest absolute Gasteiger partial charge is 0.235 e. The van der Waals surface area contributed by atoms with Gasteiger partial charge in [-0.1, -0.05) is 11.8 Å². The zero-order valence-corrected chi connectivity index (χ0v) is 18.0. The molecule has 1 aromatic rings. The zero-order chi connectivity index (χ0) is 19.7. The number of aromatic nitrogens is 4. The van der Waals surface area contributed by atoms with Gasteiger partial charge in [0, 0.05) is 32.7 Å². The Balaban J connectivity index is 1.24. The van der Waals surface area contributed by atoms with E-state index in [0.29, 0.717) is 24.2 Å². The molecule has 9 heteroatoms. The van der Waals surface area contributed by atoms with Crippen molar-refractivity contribution in [2.45, 2.75) is 75.1 Å². The van der Waals surface area contributed by atoms with E-state index in [9.17, 15) is 4.79 Å². The molecule has 2 saturated heterocycles. The molecule has 3 aliphatic rings. The van der Waals surface area contributed by atoms with E-state index in [0.717, 1.165) is 63.6 Å². The summed E-state index contributed by atoms with van der Waals surface area (Å²) in [4.78, 5) is 17.5. The second kappa shape index (κ2) is 8.67. The molecule has 4 rings (SSSR count). The monoisotopic (exact) mass is 408 g/mol. The van der Waals surface area contributed by atoms with Crippen LogP contribution in [0.5, 0.6) is 0 Å². The number of ether oxygens (including phenoxy) is 1. The summed E-state index contributed by atoms with van der Waals surface area (Å²) < 4.78 is 7.72. The largest absolute Gasteiger partial charge is 0.373 e. The molecule has 0 spiro atoms. The minimum atomic E-state index is -0.152. The Morgan fingerprint density at radius 1 is 1.18 bits per heavy atom. The van der Waals surface area contributed by atoms with Gasteiger partial charge in [0.05, 0.1) is 23.5 Å². The normalized spacial score (nSPS) is 28.5. The van der Waals surface area contributed by atoms with Crippen LogP contribution in [-0.2, 0) is 9.53 Å². The summed E-state index contributed by atoms with van der Waals surface area (Å²) in [6, 6.07) is 0.432. The van der Waals surface area contributed by atoms with E-state index in [4.69, 9.17) is 4.74 Å². The molecule has 2 aliphatic heterocycles. The van der Waals surface area contributed by atoms with Crippen molar-refractivity contribution in [3.8, 4) is 0 Å². The first-order valence-electron chi connectivity index (χ1n) is 10.6. The minimum absolute atomic E-state index is 0.152. The fourth-order valence-corrected chi connectivity index (χ4v) is 5.35. The Labute approximate surface area is 171 Å². The molecule has 3 heterocycles. The molecule has 1 aliphatic carbocycles. The molecule has 3 fully saturated rings. The topological polar surface area (TPSA) is 76.4 Å². The highest BCUT2D eigenvalue weighted by Gasteiger charge is 2.32. The zero-order valence-electron chi connectivity index (χ0n) is 17.2. The Morgan fingerprint density at radius 3 is 2.50 bits per heavy atom. The second-order valence-corrected chi connectivity index (χ2v) is 9.95. The number of carbonyl (C=O) groups excluding carboxylic acids is 1. The lowest BCUT2D eigenvalue weighted by molar-refractivity contribution is -0.131. The fraction of sp³-hybridized carbons (Fsp3) is 0.895. The van der Waals surface area contributed by atoms with Gasteiger partial charge in [0.2, 0.25) is 11.1 Å². The third-order valence-corrected chi connectivity index (χ3v) is 6.96. The molecule has 1 saturated carbocycles. The second-order valence-electron chi connectivity index (χ2n) is 8.64. The summed E-state index contributed by atoms with van der Waals surface area (Å²) in [7, 11) is 0. The van der Waals surface area contributed by atoms with Crippen molar-refractivity contribution in [3.05, 3.63) is 0 Å². The number of morpholine rings is 1. The van der Waals surface area contributed by atoms with E-state index in [1.54, 1.807) is 0 Å². The van der Waals surface area contributed by atoms with Crippen LogP contribution < -0.4 is 0 Å². The van der Waals surface area contributed by atoms with Crippen molar-refractivity contribution in [2.75, 3.05) is 32.7 Å². The van der Waals surface area contributed by atoms with Gasteiger partial charge < -0.3 is 9.64 Å². The molecule has 1 aromatic heterocycles. The molecule has 0 N–H and O–H groups in total. The van der Waals surface area contributed by atoms with Crippen LogP contribution in [-0.4, -0.2) is 86.1 Å². The number of nitrogens with zero attached hydrogens (tertiary/aromatic N) is 6. The van der Waals surface area contributed by atoms with E-state index < -0.39 is 0 Å². The number of amides is 1. The van der Waals surface area contributed by atoms with Crippen LogP contribution in [0.15, 0.2) is 5.16 Å². The van der Waals surface area contributed by atoms with E-state index in [2.05, 4.69) is 34.3 Å². The average molecular weight is 409 g/mol. The standard InChI is InChI=1S/C19H32N6O2S/c1-13-10-23(11-14(2)27-13)12-16-6-8-24(9-7-16)18(26)15(3)28-19-20-21-22-25(19)17-4-5-17/h13-17H,4-12H2,1-3H3. The maximum Gasteiger partial charge on any atom is 0.235 e. The minimum Gasteiger partial charge on any atom is -0.373 e. The first-order chi connectivity index (χ1) is 13.5. The molecule has 0 radical (unpaired) electrons. The van der Waals surface area contributed by atoms with Gasteiger partial charge in [-0.3, -0.25) is 9.69 Å². The van der Waals surface area contributed by atoms with E-state index in [1.807, 2.05) is 16.5 Å². The van der Waals surface area contributed by atoms with Gasteiger partial charge in [-0.15, -0.1) is 5.10 Å². The van der Waals surface area contributed by atoms with Crippen molar-refractivity contribution in [1.29, 1.82) is 0 Å². The highest BCUT2D eigenvalue weighted by atomic mass is 32.2. The lowest BCUT2D eigenvalue weighted by Gasteiger charge is -2.39. The Kier molecular flexibility index (Phi) is 6.22. The molecule has 0 bridgehead atoms. The molecule has 8 nitrogen and oxygen atoms in total. The number of hydrogen-bond donors (Lipinski definition) is 0. The van der Waals surface area contributed by atoms with Crippen LogP contribution in [0.2, 0.25) is 0 Å². The Bertz CT molecular complexity index is 663. The quantitative estimate of drug-likeness (QED) is 0.665. The van der Waals surface area contributed by atoms with Crippen molar-refractivity contribution < 1.29 is 9.53 Å². The lowest BCUT2D eigenvalue weighted by Crippen LogP contribution is -2.49. The third kappa shape index (κ3) is 4.86. The molecular formula is C19H32N6O2S. The van der Waals surface area contributed by atoms with Crippen LogP contribution >= 0.6 is 11.8 Å². The maximum absolute atomic E-state index is 12.9. The number of rotatable bonds is 6. The average Bonchev–Trinajstić information content (AvgIpc) is 3.40. The van der Waals surface area contributed by atoms with Crippen molar-refractivity contribution in [3.63, 3.8) is 0 Å². The van der Waals surface area contributed by atoms with Crippen LogP contribution in [0.1, 0.15) is 52.5 Å². The van der Waals surface area contributed by atoms with E-state index >= 15 is 0 Å². The predicted molar refractivity (Wildman–Crippen MR) is 107 cm³/mol. The van der Waals surface area contributed by atoms with Gasteiger partial charge in [0.1, 0.15) is 0 Å². The number of likely N-dealkylation sites (tertiary alicyclic amines) is 1. The first-order valence-corrected chi connectivity index (χ1v) is 11.5. The number of hydrogen-bond acceptors (Lipinski definition) is 7. The fourth-order valence-electron chi connectivity index (χ4n) is 4.41. The molecule has 3 atom stereocenters. The predicted octanol–water partition coefficient (Wildman–Crippen LogP) is 1.84. The summed E-state index contributed by atoms with van der Waals surface area (Å²) >= 11 is 1.49. The van der Waals surface area contributed by atoms with Crippen LogP contribution in [0.4, 0.5) is 0 Å².